The maximum atomic E-state index is 12.7. The van der Waals surface area contributed by atoms with Crippen molar-refractivity contribution >= 4 is 11.6 Å². The van der Waals surface area contributed by atoms with Crippen molar-refractivity contribution in [3.05, 3.63) is 89.2 Å². The predicted molar refractivity (Wildman–Crippen MR) is 115 cm³/mol. The molecule has 4 aromatic rings. The predicted octanol–water partition coefficient (Wildman–Crippen LogP) is 5.34. The summed E-state index contributed by atoms with van der Waals surface area (Å²) in [6.45, 7) is 3.81. The summed E-state index contributed by atoms with van der Waals surface area (Å²) in [5, 5.41) is 15.2. The quantitative estimate of drug-likeness (QED) is 0.441. The first kappa shape index (κ1) is 22.0. The Morgan fingerprint density at radius 1 is 0.939 bits per heavy atom. The number of ether oxygens (including phenoxy) is 1. The number of alkyl halides is 3. The molecule has 0 saturated carbocycles. The van der Waals surface area contributed by atoms with E-state index < -0.39 is 17.6 Å². The van der Waals surface area contributed by atoms with Crippen molar-refractivity contribution < 1.29 is 22.7 Å². The summed E-state index contributed by atoms with van der Waals surface area (Å²) in [4.78, 5) is 12.3. The van der Waals surface area contributed by atoms with Gasteiger partial charge < -0.3 is 10.1 Å². The normalized spacial score (nSPS) is 11.3. The maximum absolute atomic E-state index is 12.7. The number of anilines is 1. The highest BCUT2D eigenvalue weighted by Crippen LogP contribution is 2.29. The van der Waals surface area contributed by atoms with Crippen LogP contribution in [0, 0.1) is 13.8 Å². The lowest BCUT2D eigenvalue weighted by atomic mass is 10.1. The van der Waals surface area contributed by atoms with Gasteiger partial charge in [0.05, 0.1) is 11.3 Å². The molecule has 4 rings (SSSR count). The van der Waals surface area contributed by atoms with Gasteiger partial charge in [-0.2, -0.15) is 18.3 Å². The van der Waals surface area contributed by atoms with Crippen LogP contribution in [0.2, 0.25) is 0 Å². The fraction of sp³-hybridized carbons (Fsp3) is 0.130. The second kappa shape index (κ2) is 8.73. The molecule has 0 saturated heterocycles. The highest BCUT2D eigenvalue weighted by Gasteiger charge is 2.30. The Bertz CT molecular complexity index is 1270. The van der Waals surface area contributed by atoms with Gasteiger partial charge in [-0.3, -0.25) is 4.79 Å². The Morgan fingerprint density at radius 3 is 2.18 bits per heavy atom. The van der Waals surface area contributed by atoms with E-state index in [9.17, 15) is 18.0 Å². The second-order valence-electron chi connectivity index (χ2n) is 7.22. The summed E-state index contributed by atoms with van der Waals surface area (Å²) in [6.07, 6.45) is -4.45. The third-order valence-electron chi connectivity index (χ3n) is 4.66. The molecule has 1 N–H and O–H groups in total. The van der Waals surface area contributed by atoms with Crippen LogP contribution in [0.25, 0.3) is 5.82 Å². The molecule has 0 aliphatic carbocycles. The van der Waals surface area contributed by atoms with Crippen molar-refractivity contribution in [3.63, 3.8) is 0 Å². The Kier molecular flexibility index (Phi) is 5.82. The van der Waals surface area contributed by atoms with Crippen LogP contribution in [0.5, 0.6) is 11.6 Å². The number of hydrogen-bond acceptors (Lipinski definition) is 5. The molecule has 33 heavy (non-hydrogen) atoms. The SMILES string of the molecule is Cc1cc(C)n(-c2ccc(Oc3ccc(NC(=O)c4ccc(C(F)(F)F)cc4)cc3)nn2)n1. The molecule has 1 amide bonds. The van der Waals surface area contributed by atoms with Gasteiger partial charge in [0.15, 0.2) is 5.82 Å². The molecule has 0 fully saturated rings. The number of nitrogens with zero attached hydrogens (tertiary/aromatic N) is 4. The van der Waals surface area contributed by atoms with Gasteiger partial charge in [-0.25, -0.2) is 4.68 Å². The first-order valence-corrected chi connectivity index (χ1v) is 9.83. The zero-order valence-corrected chi connectivity index (χ0v) is 17.6. The number of aromatic nitrogens is 4. The van der Waals surface area contributed by atoms with Crippen LogP contribution < -0.4 is 10.1 Å². The number of benzene rings is 2. The van der Waals surface area contributed by atoms with E-state index in [4.69, 9.17) is 4.74 Å². The summed E-state index contributed by atoms with van der Waals surface area (Å²) in [6, 6.07) is 15.8. The molecule has 10 heteroatoms. The summed E-state index contributed by atoms with van der Waals surface area (Å²) in [5.41, 5.74) is 1.57. The number of halogens is 3. The smallest absolute Gasteiger partial charge is 0.416 e. The van der Waals surface area contributed by atoms with Crippen LogP contribution in [0.3, 0.4) is 0 Å². The zero-order valence-electron chi connectivity index (χ0n) is 17.6. The first-order chi connectivity index (χ1) is 15.7. The molecule has 2 aromatic carbocycles. The van der Waals surface area contributed by atoms with Crippen LogP contribution in [0.15, 0.2) is 66.7 Å². The molecule has 0 bridgehead atoms. The van der Waals surface area contributed by atoms with Crippen LogP contribution in [-0.2, 0) is 6.18 Å². The highest BCUT2D eigenvalue weighted by molar-refractivity contribution is 6.04. The Hall–Kier alpha value is -4.21. The Morgan fingerprint density at radius 2 is 1.64 bits per heavy atom. The molecular formula is C23H18F3N5O2. The minimum Gasteiger partial charge on any atom is -0.438 e. The summed E-state index contributed by atoms with van der Waals surface area (Å²) in [7, 11) is 0. The van der Waals surface area contributed by atoms with Crippen LogP contribution >= 0.6 is 0 Å². The van der Waals surface area contributed by atoms with Gasteiger partial charge in [0.25, 0.3) is 5.91 Å². The van der Waals surface area contributed by atoms with Crippen molar-refractivity contribution in [2.24, 2.45) is 0 Å². The Balaban J connectivity index is 1.38. The highest BCUT2D eigenvalue weighted by atomic mass is 19.4. The van der Waals surface area contributed by atoms with E-state index >= 15 is 0 Å². The number of amides is 1. The number of carbonyl (C=O) groups is 1. The lowest BCUT2D eigenvalue weighted by Crippen LogP contribution is -2.12. The van der Waals surface area contributed by atoms with E-state index in [1.54, 1.807) is 41.1 Å². The van der Waals surface area contributed by atoms with Crippen LogP contribution in [0.4, 0.5) is 18.9 Å². The molecule has 7 nitrogen and oxygen atoms in total. The fourth-order valence-electron chi connectivity index (χ4n) is 3.08. The molecule has 0 aliphatic rings. The largest absolute Gasteiger partial charge is 0.438 e. The van der Waals surface area contributed by atoms with Crippen molar-refractivity contribution in [1.29, 1.82) is 0 Å². The minimum atomic E-state index is -4.45. The number of carbonyl (C=O) groups excluding carboxylic acids is 1. The molecule has 0 unspecified atom stereocenters. The van der Waals surface area contributed by atoms with Gasteiger partial charge >= 0.3 is 6.18 Å². The average Bonchev–Trinajstić information content (AvgIpc) is 3.13. The summed E-state index contributed by atoms with van der Waals surface area (Å²) in [5.74, 6) is 0.787. The van der Waals surface area contributed by atoms with E-state index in [0.29, 0.717) is 17.3 Å². The molecule has 0 radical (unpaired) electrons. The molecule has 2 aromatic heterocycles. The summed E-state index contributed by atoms with van der Waals surface area (Å²) >= 11 is 0. The zero-order chi connectivity index (χ0) is 23.6. The van der Waals surface area contributed by atoms with Gasteiger partial charge in [0.1, 0.15) is 5.75 Å². The third-order valence-corrected chi connectivity index (χ3v) is 4.66. The van der Waals surface area contributed by atoms with E-state index in [0.717, 1.165) is 35.7 Å². The number of nitrogens with one attached hydrogen (secondary N) is 1. The molecule has 0 spiro atoms. The van der Waals surface area contributed by atoms with E-state index in [1.807, 2.05) is 19.9 Å². The first-order valence-electron chi connectivity index (χ1n) is 9.83. The van der Waals surface area contributed by atoms with E-state index in [-0.39, 0.29) is 11.4 Å². The number of aryl methyl sites for hydroxylation is 2. The van der Waals surface area contributed by atoms with Crippen molar-refractivity contribution in [2.45, 2.75) is 20.0 Å². The maximum Gasteiger partial charge on any atom is 0.416 e. The number of rotatable bonds is 5. The fourth-order valence-corrected chi connectivity index (χ4v) is 3.08. The van der Waals surface area contributed by atoms with Crippen LogP contribution in [0.1, 0.15) is 27.3 Å². The van der Waals surface area contributed by atoms with Crippen molar-refractivity contribution in [2.75, 3.05) is 5.32 Å². The molecule has 168 valence electrons. The lowest BCUT2D eigenvalue weighted by molar-refractivity contribution is -0.137. The van der Waals surface area contributed by atoms with Gasteiger partial charge in [-0.15, -0.1) is 10.2 Å². The Labute approximate surface area is 186 Å². The van der Waals surface area contributed by atoms with Gasteiger partial charge in [-0.1, -0.05) is 0 Å². The van der Waals surface area contributed by atoms with Gasteiger partial charge in [0.2, 0.25) is 5.88 Å². The van der Waals surface area contributed by atoms with Gasteiger partial charge in [-0.05, 0) is 74.5 Å². The van der Waals surface area contributed by atoms with Crippen molar-refractivity contribution in [1.82, 2.24) is 20.0 Å². The number of hydrogen-bond donors (Lipinski definition) is 1. The van der Waals surface area contributed by atoms with E-state index in [1.165, 1.54) is 0 Å². The molecule has 0 atom stereocenters. The third kappa shape index (κ3) is 5.17. The standard InChI is InChI=1S/C23H18F3N5O2/c1-14-13-15(2)31(30-14)20-11-12-21(29-28-20)33-19-9-7-18(8-10-19)27-22(32)16-3-5-17(6-4-16)23(24,25)26/h3-13H,1-2H3,(H,27,32). The van der Waals surface area contributed by atoms with Gasteiger partial charge in [0, 0.05) is 23.0 Å². The topological polar surface area (TPSA) is 81.9 Å². The molecular weight excluding hydrogens is 435 g/mol. The minimum absolute atomic E-state index is 0.112. The second-order valence-corrected chi connectivity index (χ2v) is 7.22. The summed E-state index contributed by atoms with van der Waals surface area (Å²) < 4.78 is 45.3. The van der Waals surface area contributed by atoms with E-state index in [2.05, 4.69) is 20.6 Å². The lowest BCUT2D eigenvalue weighted by Gasteiger charge is -2.09. The monoisotopic (exact) mass is 453 g/mol. The van der Waals surface area contributed by atoms with Crippen molar-refractivity contribution in [3.8, 4) is 17.4 Å². The van der Waals surface area contributed by atoms with Crippen LogP contribution in [-0.4, -0.2) is 25.9 Å². The molecule has 2 heterocycles. The molecule has 0 aliphatic heterocycles. The average molecular weight is 453 g/mol.